The topological polar surface area (TPSA) is 45.4 Å². The summed E-state index contributed by atoms with van der Waals surface area (Å²) in [6.45, 7) is 10.7. The minimum absolute atomic E-state index is 0.778. The normalized spacial score (nSPS) is 15.3. The molecule has 2 N–H and O–H groups in total. The van der Waals surface area contributed by atoms with Crippen LogP contribution >= 0.6 is 12.2 Å². The van der Waals surface area contributed by atoms with Crippen molar-refractivity contribution < 1.29 is 0 Å². The fraction of sp³-hybridized carbons (Fsp3) is 0.565. The van der Waals surface area contributed by atoms with Crippen LogP contribution in [0, 0.1) is 6.92 Å². The van der Waals surface area contributed by atoms with Crippen LogP contribution < -0.4 is 10.6 Å². The first-order valence-electron chi connectivity index (χ1n) is 10.7. The van der Waals surface area contributed by atoms with Crippen LogP contribution in [0.2, 0.25) is 0 Å². The third-order valence-electron chi connectivity index (χ3n) is 5.77. The zero-order valence-electron chi connectivity index (χ0n) is 17.4. The second-order valence-corrected chi connectivity index (χ2v) is 8.46. The highest BCUT2D eigenvalue weighted by Crippen LogP contribution is 2.25. The maximum atomic E-state index is 5.61. The molecule has 2 heterocycles. The van der Waals surface area contributed by atoms with Crippen LogP contribution in [0.4, 0.5) is 5.82 Å². The molecular weight excluding hydrogens is 364 g/mol. The van der Waals surface area contributed by atoms with Crippen molar-refractivity contribution >= 4 is 33.8 Å². The number of unbranched alkanes of at least 4 members (excludes halogenated alkanes) is 2. The van der Waals surface area contributed by atoms with E-state index in [2.05, 4.69) is 47.9 Å². The summed E-state index contributed by atoms with van der Waals surface area (Å²) in [5.74, 6) is 1.11. The molecule has 1 aromatic heterocycles. The smallest absolute Gasteiger partial charge is 0.129 e. The number of anilines is 1. The number of hydrogen-bond donors (Lipinski definition) is 1. The maximum Gasteiger partial charge on any atom is 0.129 e. The number of nitrogens with zero attached hydrogens (tertiary/aromatic N) is 3. The van der Waals surface area contributed by atoms with Crippen LogP contribution in [0.25, 0.3) is 10.9 Å². The van der Waals surface area contributed by atoms with Crippen molar-refractivity contribution in [2.75, 3.05) is 44.2 Å². The lowest BCUT2D eigenvalue weighted by Crippen LogP contribution is -2.46. The molecule has 0 atom stereocenters. The van der Waals surface area contributed by atoms with E-state index in [-0.39, 0.29) is 0 Å². The van der Waals surface area contributed by atoms with Crippen molar-refractivity contribution in [1.82, 2.24) is 9.88 Å². The molecule has 28 heavy (non-hydrogen) atoms. The number of fused-ring (bicyclic) bond motifs is 1. The Labute approximate surface area is 175 Å². The quantitative estimate of drug-likeness (QED) is 0.509. The second kappa shape index (κ2) is 10.3. The number of likely N-dealkylation sites (N-methyl/N-ethyl adjacent to an activating group) is 1. The lowest BCUT2D eigenvalue weighted by Gasteiger charge is -2.35. The number of hydrogen-bond acceptors (Lipinski definition) is 5. The molecule has 1 saturated heterocycles. The largest absolute Gasteiger partial charge is 0.354 e. The van der Waals surface area contributed by atoms with Gasteiger partial charge in [0.1, 0.15) is 5.82 Å². The number of thiocarbonyl (C=S) groups is 1. The van der Waals surface area contributed by atoms with Crippen molar-refractivity contribution in [3.05, 3.63) is 35.4 Å². The molecule has 152 valence electrons. The number of aryl methyl sites for hydroxylation is 1. The second-order valence-electron chi connectivity index (χ2n) is 7.88. The molecule has 1 fully saturated rings. The lowest BCUT2D eigenvalue weighted by molar-refractivity contribution is 0.270. The summed E-state index contributed by atoms with van der Waals surface area (Å²) >= 11 is 5.61. The highest BCUT2D eigenvalue weighted by Gasteiger charge is 2.17. The Balaban J connectivity index is 1.68. The number of benzene rings is 1. The van der Waals surface area contributed by atoms with Crippen LogP contribution in [0.5, 0.6) is 0 Å². The van der Waals surface area contributed by atoms with Crippen molar-refractivity contribution in [2.24, 2.45) is 5.73 Å². The Morgan fingerprint density at radius 3 is 2.61 bits per heavy atom. The van der Waals surface area contributed by atoms with E-state index >= 15 is 0 Å². The van der Waals surface area contributed by atoms with Gasteiger partial charge < -0.3 is 15.5 Å². The Morgan fingerprint density at radius 1 is 1.11 bits per heavy atom. The van der Waals surface area contributed by atoms with E-state index in [9.17, 15) is 0 Å². The molecule has 0 saturated carbocycles. The molecule has 3 rings (SSSR count). The van der Waals surface area contributed by atoms with Gasteiger partial charge in [0.05, 0.1) is 5.52 Å². The fourth-order valence-corrected chi connectivity index (χ4v) is 4.26. The van der Waals surface area contributed by atoms with E-state index < -0.39 is 0 Å². The summed E-state index contributed by atoms with van der Waals surface area (Å²) in [4.78, 5) is 11.0. The van der Waals surface area contributed by atoms with E-state index in [4.69, 9.17) is 22.9 Å². The van der Waals surface area contributed by atoms with E-state index in [1.54, 1.807) is 0 Å². The Kier molecular flexibility index (Phi) is 7.77. The molecule has 4 nitrogen and oxygen atoms in total. The van der Waals surface area contributed by atoms with Gasteiger partial charge >= 0.3 is 0 Å². The summed E-state index contributed by atoms with van der Waals surface area (Å²) in [6.07, 6.45) is 5.33. The summed E-state index contributed by atoms with van der Waals surface area (Å²) in [7, 11) is 0. The average molecular weight is 399 g/mol. The first-order valence-corrected chi connectivity index (χ1v) is 11.1. The summed E-state index contributed by atoms with van der Waals surface area (Å²) in [6, 6.07) is 8.89. The number of piperazine rings is 1. The van der Waals surface area contributed by atoms with Gasteiger partial charge in [0.15, 0.2) is 0 Å². The van der Waals surface area contributed by atoms with Crippen molar-refractivity contribution in [3.8, 4) is 0 Å². The molecule has 1 aromatic carbocycles. The summed E-state index contributed by atoms with van der Waals surface area (Å²) in [5.41, 5.74) is 9.25. The lowest BCUT2D eigenvalue weighted by atomic mass is 10.0. The van der Waals surface area contributed by atoms with E-state index in [1.807, 2.05) is 0 Å². The van der Waals surface area contributed by atoms with Crippen LogP contribution in [0.15, 0.2) is 24.3 Å². The van der Waals surface area contributed by atoms with Gasteiger partial charge in [-0.2, -0.15) is 0 Å². The molecule has 0 bridgehead atoms. The molecule has 0 radical (unpaired) electrons. The highest BCUT2D eigenvalue weighted by molar-refractivity contribution is 7.80. The van der Waals surface area contributed by atoms with Gasteiger partial charge in [-0.05, 0) is 73.5 Å². The molecule has 0 spiro atoms. The molecular formula is C23H34N4S. The predicted octanol–water partition coefficient (Wildman–Crippen LogP) is 4.12. The van der Waals surface area contributed by atoms with Gasteiger partial charge in [0, 0.05) is 38.0 Å². The Bertz CT molecular complexity index is 797. The Morgan fingerprint density at radius 2 is 1.89 bits per heavy atom. The zero-order valence-corrected chi connectivity index (χ0v) is 18.2. The molecule has 1 aliphatic heterocycles. The number of aromatic nitrogens is 1. The zero-order chi connectivity index (χ0) is 19.9. The number of pyridine rings is 1. The van der Waals surface area contributed by atoms with Gasteiger partial charge in [0.25, 0.3) is 0 Å². The van der Waals surface area contributed by atoms with E-state index in [0.717, 1.165) is 81.2 Å². The van der Waals surface area contributed by atoms with Crippen LogP contribution in [0.1, 0.15) is 43.7 Å². The molecule has 0 unspecified atom stereocenters. The first kappa shape index (κ1) is 21.2. The molecule has 5 heteroatoms. The minimum Gasteiger partial charge on any atom is -0.354 e. The van der Waals surface area contributed by atoms with Crippen LogP contribution in [-0.4, -0.2) is 54.0 Å². The van der Waals surface area contributed by atoms with Gasteiger partial charge in [-0.3, -0.25) is 0 Å². The van der Waals surface area contributed by atoms with Gasteiger partial charge in [-0.1, -0.05) is 31.6 Å². The van der Waals surface area contributed by atoms with Gasteiger partial charge in [-0.25, -0.2) is 4.98 Å². The van der Waals surface area contributed by atoms with E-state index in [0.29, 0.717) is 0 Å². The predicted molar refractivity (Wildman–Crippen MR) is 125 cm³/mol. The third kappa shape index (κ3) is 5.49. The molecule has 0 aliphatic carbocycles. The third-order valence-corrected chi connectivity index (χ3v) is 6.12. The number of rotatable bonds is 9. The summed E-state index contributed by atoms with van der Waals surface area (Å²) in [5, 5.41) is 1.25. The standard InChI is InChI=1S/C23H34N4S/c1-3-26-11-13-27(14-12-26)23-15-18(2)21-17-19(8-9-22(21)25-23)16-20(28)7-5-4-6-10-24/h8-9,15,17H,3-7,10-14,16,24H2,1-2H3. The molecule has 2 aromatic rings. The first-order chi connectivity index (χ1) is 13.6. The SMILES string of the molecule is CCN1CCN(c2cc(C)c3cc(CC(=S)CCCCCN)ccc3n2)CC1. The highest BCUT2D eigenvalue weighted by atomic mass is 32.1. The molecule has 1 aliphatic rings. The van der Waals surface area contributed by atoms with E-state index in [1.165, 1.54) is 22.9 Å². The van der Waals surface area contributed by atoms with Crippen LogP contribution in [0.3, 0.4) is 0 Å². The minimum atomic E-state index is 0.778. The van der Waals surface area contributed by atoms with Crippen molar-refractivity contribution in [1.29, 1.82) is 0 Å². The maximum absolute atomic E-state index is 5.61. The van der Waals surface area contributed by atoms with Crippen molar-refractivity contribution in [3.63, 3.8) is 0 Å². The summed E-state index contributed by atoms with van der Waals surface area (Å²) < 4.78 is 0. The van der Waals surface area contributed by atoms with Gasteiger partial charge in [-0.15, -0.1) is 0 Å². The fourth-order valence-electron chi connectivity index (χ4n) is 3.95. The van der Waals surface area contributed by atoms with Gasteiger partial charge in [0.2, 0.25) is 0 Å². The molecule has 0 amide bonds. The number of nitrogens with two attached hydrogens (primary N) is 1. The van der Waals surface area contributed by atoms with Crippen LogP contribution in [-0.2, 0) is 6.42 Å². The average Bonchev–Trinajstić information content (AvgIpc) is 2.71. The van der Waals surface area contributed by atoms with Crippen molar-refractivity contribution in [2.45, 2.75) is 46.0 Å². The monoisotopic (exact) mass is 398 g/mol. The Hall–Kier alpha value is -1.56.